The van der Waals surface area contributed by atoms with Gasteiger partial charge < -0.3 is 9.88 Å². The van der Waals surface area contributed by atoms with E-state index in [0.717, 1.165) is 65.9 Å². The Hall–Kier alpha value is -3.56. The van der Waals surface area contributed by atoms with Gasteiger partial charge in [-0.1, -0.05) is 0 Å². The van der Waals surface area contributed by atoms with Crippen molar-refractivity contribution < 1.29 is 13.2 Å². The van der Waals surface area contributed by atoms with E-state index in [2.05, 4.69) is 19.9 Å². The number of rotatable bonds is 3. The Labute approximate surface area is 187 Å². The molecule has 1 saturated carbocycles. The summed E-state index contributed by atoms with van der Waals surface area (Å²) in [5.41, 5.74) is 4.96. The molecular weight excluding hydrogens is 431 g/mol. The molecule has 7 nitrogen and oxygen atoms in total. The van der Waals surface area contributed by atoms with Crippen molar-refractivity contribution in [3.63, 3.8) is 0 Å². The molecule has 4 aromatic heterocycles. The van der Waals surface area contributed by atoms with Crippen LogP contribution in [0.25, 0.3) is 11.2 Å². The van der Waals surface area contributed by atoms with Crippen LogP contribution in [0.2, 0.25) is 0 Å². The summed E-state index contributed by atoms with van der Waals surface area (Å²) in [5, 5.41) is 0. The maximum absolute atomic E-state index is 13.1. The number of alkyl halides is 3. The highest BCUT2D eigenvalue weighted by Crippen LogP contribution is 2.52. The predicted molar refractivity (Wildman–Crippen MR) is 115 cm³/mol. The van der Waals surface area contributed by atoms with E-state index in [0.29, 0.717) is 12.2 Å². The number of imidazole rings is 1. The topological polar surface area (TPSA) is 83.5 Å². The molecule has 0 bridgehead atoms. The number of pyridine rings is 2. The summed E-state index contributed by atoms with van der Waals surface area (Å²) in [6.45, 7) is 2.56. The number of H-pyrrole nitrogens is 1. The Morgan fingerprint density at radius 3 is 2.70 bits per heavy atom. The average molecular weight is 451 g/mol. The number of nitrogens with zero attached hydrogens (tertiary/aromatic N) is 6. The molecule has 0 aromatic carbocycles. The van der Waals surface area contributed by atoms with Gasteiger partial charge in [0.05, 0.1) is 28.0 Å². The summed E-state index contributed by atoms with van der Waals surface area (Å²) in [4.78, 5) is 26.5. The molecule has 0 saturated heterocycles. The number of aryl methyl sites for hydroxylation is 2. The first kappa shape index (κ1) is 20.1. The third kappa shape index (κ3) is 3.32. The summed E-state index contributed by atoms with van der Waals surface area (Å²) in [6.07, 6.45) is 1.76. The number of aromatic nitrogens is 6. The average Bonchev–Trinajstić information content (AvgIpc) is 3.51. The Morgan fingerprint density at radius 1 is 1.06 bits per heavy atom. The van der Waals surface area contributed by atoms with Gasteiger partial charge in [-0.15, -0.1) is 0 Å². The summed E-state index contributed by atoms with van der Waals surface area (Å²) in [7, 11) is 0. The van der Waals surface area contributed by atoms with Crippen molar-refractivity contribution in [3.8, 4) is 0 Å². The van der Waals surface area contributed by atoms with E-state index in [1.54, 1.807) is 11.1 Å². The van der Waals surface area contributed by atoms with Crippen molar-refractivity contribution in [1.82, 2.24) is 29.9 Å². The van der Waals surface area contributed by atoms with Crippen LogP contribution in [-0.4, -0.2) is 36.4 Å². The molecule has 1 fully saturated rings. The van der Waals surface area contributed by atoms with E-state index < -0.39 is 12.0 Å². The van der Waals surface area contributed by atoms with Crippen LogP contribution < -0.4 is 4.90 Å². The summed E-state index contributed by atoms with van der Waals surface area (Å²) < 4.78 is 39.3. The van der Waals surface area contributed by atoms with Crippen molar-refractivity contribution in [3.05, 3.63) is 65.3 Å². The summed E-state index contributed by atoms with van der Waals surface area (Å²) in [6, 6.07) is 7.44. The van der Waals surface area contributed by atoms with E-state index in [1.807, 2.05) is 25.1 Å². The van der Waals surface area contributed by atoms with E-state index >= 15 is 0 Å². The SMILES string of the molecule is Cc1cnc2nc(C3(c4ccc5c(n4)CCCN5c4ccnc(C(F)(F)F)n4)CC3)[nH]c2c1. The Kier molecular flexibility index (Phi) is 4.24. The first-order chi connectivity index (χ1) is 15.8. The van der Waals surface area contributed by atoms with Crippen LogP contribution in [-0.2, 0) is 18.0 Å². The Morgan fingerprint density at radius 2 is 1.91 bits per heavy atom. The molecule has 1 N–H and O–H groups in total. The van der Waals surface area contributed by atoms with E-state index in [4.69, 9.17) is 9.97 Å². The first-order valence-corrected chi connectivity index (χ1v) is 10.8. The lowest BCUT2D eigenvalue weighted by Crippen LogP contribution is -2.28. The quantitative estimate of drug-likeness (QED) is 0.489. The van der Waals surface area contributed by atoms with Crippen molar-refractivity contribution in [2.45, 2.75) is 44.2 Å². The number of aromatic amines is 1. The van der Waals surface area contributed by atoms with Gasteiger partial charge in [-0.05, 0) is 62.4 Å². The van der Waals surface area contributed by atoms with Crippen molar-refractivity contribution in [1.29, 1.82) is 0 Å². The van der Waals surface area contributed by atoms with Crippen molar-refractivity contribution >= 4 is 22.7 Å². The molecule has 1 aliphatic heterocycles. The number of anilines is 2. The normalized spacial score (nSPS) is 17.3. The van der Waals surface area contributed by atoms with E-state index in [9.17, 15) is 13.2 Å². The van der Waals surface area contributed by atoms with Gasteiger partial charge >= 0.3 is 6.18 Å². The molecule has 0 atom stereocenters. The third-order valence-corrected chi connectivity index (χ3v) is 6.37. The van der Waals surface area contributed by atoms with Crippen LogP contribution in [0.4, 0.5) is 24.7 Å². The van der Waals surface area contributed by atoms with Gasteiger partial charge in [0.1, 0.15) is 11.6 Å². The Bertz CT molecular complexity index is 1370. The highest BCUT2D eigenvalue weighted by atomic mass is 19.4. The molecular formula is C23H20F3N7. The van der Waals surface area contributed by atoms with Crippen LogP contribution in [0.5, 0.6) is 0 Å². The fourth-order valence-corrected chi connectivity index (χ4v) is 4.56. The van der Waals surface area contributed by atoms with Gasteiger partial charge in [-0.3, -0.25) is 4.98 Å². The Balaban J connectivity index is 1.37. The molecule has 0 amide bonds. The smallest absolute Gasteiger partial charge is 0.340 e. The second kappa shape index (κ2) is 6.97. The molecule has 10 heteroatoms. The fourth-order valence-electron chi connectivity index (χ4n) is 4.56. The van der Waals surface area contributed by atoms with Gasteiger partial charge in [0.2, 0.25) is 5.82 Å². The minimum atomic E-state index is -4.59. The molecule has 5 heterocycles. The van der Waals surface area contributed by atoms with Crippen molar-refractivity contribution in [2.75, 3.05) is 11.4 Å². The van der Waals surface area contributed by atoms with Gasteiger partial charge in [0, 0.05) is 18.9 Å². The van der Waals surface area contributed by atoms with E-state index in [-0.39, 0.29) is 11.2 Å². The minimum Gasteiger partial charge on any atom is -0.340 e. The van der Waals surface area contributed by atoms with Crippen LogP contribution in [0.3, 0.4) is 0 Å². The van der Waals surface area contributed by atoms with Crippen molar-refractivity contribution in [2.24, 2.45) is 0 Å². The molecule has 6 rings (SSSR count). The minimum absolute atomic E-state index is 0.229. The number of hydrogen-bond donors (Lipinski definition) is 1. The van der Waals surface area contributed by atoms with E-state index in [1.165, 1.54) is 6.07 Å². The lowest BCUT2D eigenvalue weighted by molar-refractivity contribution is -0.144. The highest BCUT2D eigenvalue weighted by Gasteiger charge is 2.50. The number of fused-ring (bicyclic) bond motifs is 2. The second-order valence-electron chi connectivity index (χ2n) is 8.71. The molecule has 0 unspecified atom stereocenters. The molecule has 4 aromatic rings. The standard InChI is InChI=1S/C23H20F3N7/c1-13-11-15-19(28-12-13)32-20(30-15)22(7-8-22)17-5-4-16-14(29-17)3-2-10-33(16)18-6-9-27-21(31-18)23(24,25)26/h4-6,9,11-12H,2-3,7-8,10H2,1H3,(H,28,30,32). The zero-order valence-corrected chi connectivity index (χ0v) is 17.8. The number of halogens is 3. The molecule has 2 aliphatic rings. The summed E-state index contributed by atoms with van der Waals surface area (Å²) in [5.74, 6) is -0.0450. The van der Waals surface area contributed by atoms with Gasteiger partial charge in [0.25, 0.3) is 0 Å². The van der Waals surface area contributed by atoms with Crippen LogP contribution >= 0.6 is 0 Å². The first-order valence-electron chi connectivity index (χ1n) is 10.8. The van der Waals surface area contributed by atoms with Gasteiger partial charge in [0.15, 0.2) is 5.65 Å². The molecule has 0 radical (unpaired) electrons. The molecule has 33 heavy (non-hydrogen) atoms. The highest BCUT2D eigenvalue weighted by molar-refractivity contribution is 5.72. The molecule has 1 aliphatic carbocycles. The summed E-state index contributed by atoms with van der Waals surface area (Å²) >= 11 is 0. The van der Waals surface area contributed by atoms with Crippen LogP contribution in [0.15, 0.2) is 36.7 Å². The largest absolute Gasteiger partial charge is 0.451 e. The number of hydrogen-bond acceptors (Lipinski definition) is 6. The van der Waals surface area contributed by atoms with Crippen LogP contribution in [0, 0.1) is 6.92 Å². The monoisotopic (exact) mass is 451 g/mol. The lowest BCUT2D eigenvalue weighted by Gasteiger charge is -2.30. The lowest BCUT2D eigenvalue weighted by atomic mass is 9.98. The third-order valence-electron chi connectivity index (χ3n) is 6.37. The van der Waals surface area contributed by atoms with Gasteiger partial charge in [-0.25, -0.2) is 19.9 Å². The zero-order valence-electron chi connectivity index (χ0n) is 17.8. The maximum Gasteiger partial charge on any atom is 0.451 e. The maximum atomic E-state index is 13.1. The zero-order chi connectivity index (χ0) is 22.8. The predicted octanol–water partition coefficient (Wildman–Crippen LogP) is 4.63. The molecule has 168 valence electrons. The number of nitrogens with one attached hydrogen (secondary N) is 1. The molecule has 0 spiro atoms. The second-order valence-corrected chi connectivity index (χ2v) is 8.71. The fraction of sp³-hybridized carbons (Fsp3) is 0.348. The van der Waals surface area contributed by atoms with Crippen LogP contribution in [0.1, 0.15) is 47.9 Å². The van der Waals surface area contributed by atoms with Gasteiger partial charge in [-0.2, -0.15) is 13.2 Å².